The fraction of sp³-hybridized carbons (Fsp3) is 1.00. The quantitative estimate of drug-likeness (QED) is 0.688. The molecule has 4 heteroatoms. The third-order valence-corrected chi connectivity index (χ3v) is 4.50. The highest BCUT2D eigenvalue weighted by Gasteiger charge is 2.38. The third kappa shape index (κ3) is 5.03. The second-order valence-electron chi connectivity index (χ2n) is 6.02. The van der Waals surface area contributed by atoms with Crippen LogP contribution in [0.5, 0.6) is 0 Å². The summed E-state index contributed by atoms with van der Waals surface area (Å²) in [6, 6.07) is 0.185. The van der Waals surface area contributed by atoms with Gasteiger partial charge in [-0.3, -0.25) is 0 Å². The lowest BCUT2D eigenvalue weighted by molar-refractivity contribution is 0.118. The van der Waals surface area contributed by atoms with Crippen molar-refractivity contribution in [2.75, 3.05) is 52.5 Å². The molecule has 1 rings (SSSR count). The van der Waals surface area contributed by atoms with Crippen molar-refractivity contribution in [1.29, 1.82) is 0 Å². The van der Waals surface area contributed by atoms with Gasteiger partial charge >= 0.3 is 0 Å². The molecule has 2 atom stereocenters. The summed E-state index contributed by atoms with van der Waals surface area (Å²) in [5.74, 6) is 0. The first-order chi connectivity index (χ1) is 9.05. The summed E-state index contributed by atoms with van der Waals surface area (Å²) >= 11 is 0. The molecule has 0 bridgehead atoms. The fourth-order valence-corrected chi connectivity index (χ4v) is 2.81. The largest absolute Gasteiger partial charge is 0.379 e. The summed E-state index contributed by atoms with van der Waals surface area (Å²) in [6.45, 7) is 17.3. The minimum atomic E-state index is 0.130. The van der Waals surface area contributed by atoms with Crippen LogP contribution >= 0.6 is 0 Å². The van der Waals surface area contributed by atoms with Gasteiger partial charge in [0.15, 0.2) is 0 Å². The van der Waals surface area contributed by atoms with Crippen molar-refractivity contribution >= 4 is 0 Å². The minimum Gasteiger partial charge on any atom is -0.379 e. The molecule has 1 fully saturated rings. The SMILES string of the molecule is CCN(CC)CCCN(CC)CC1(C)COCC1N. The van der Waals surface area contributed by atoms with Gasteiger partial charge in [0.25, 0.3) is 0 Å². The first-order valence-corrected chi connectivity index (χ1v) is 7.83. The average Bonchev–Trinajstić information content (AvgIpc) is 2.73. The van der Waals surface area contributed by atoms with Gasteiger partial charge < -0.3 is 20.3 Å². The van der Waals surface area contributed by atoms with Crippen LogP contribution in [0.4, 0.5) is 0 Å². The maximum Gasteiger partial charge on any atom is 0.0624 e. The van der Waals surface area contributed by atoms with E-state index in [2.05, 4.69) is 37.5 Å². The molecular formula is C15H33N3O. The van der Waals surface area contributed by atoms with Gasteiger partial charge in [-0.25, -0.2) is 0 Å². The summed E-state index contributed by atoms with van der Waals surface area (Å²) in [6.07, 6.45) is 1.24. The predicted molar refractivity (Wildman–Crippen MR) is 81.4 cm³/mol. The van der Waals surface area contributed by atoms with E-state index in [1.165, 1.54) is 13.0 Å². The lowest BCUT2D eigenvalue weighted by atomic mass is 9.85. The Morgan fingerprint density at radius 1 is 1.11 bits per heavy atom. The molecular weight excluding hydrogens is 238 g/mol. The van der Waals surface area contributed by atoms with E-state index in [0.29, 0.717) is 6.61 Å². The smallest absolute Gasteiger partial charge is 0.0624 e. The van der Waals surface area contributed by atoms with E-state index in [-0.39, 0.29) is 11.5 Å². The fourth-order valence-electron chi connectivity index (χ4n) is 2.81. The Balaban J connectivity index is 2.33. The second-order valence-corrected chi connectivity index (χ2v) is 6.02. The van der Waals surface area contributed by atoms with Crippen LogP contribution in [0.3, 0.4) is 0 Å². The Morgan fingerprint density at radius 3 is 2.16 bits per heavy atom. The summed E-state index contributed by atoms with van der Waals surface area (Å²) in [5.41, 5.74) is 6.31. The van der Waals surface area contributed by atoms with Gasteiger partial charge in [0.1, 0.15) is 0 Å². The lowest BCUT2D eigenvalue weighted by Crippen LogP contribution is -2.47. The number of nitrogens with zero attached hydrogens (tertiary/aromatic N) is 2. The lowest BCUT2D eigenvalue weighted by Gasteiger charge is -2.34. The molecule has 1 heterocycles. The Morgan fingerprint density at radius 2 is 1.68 bits per heavy atom. The molecule has 0 aromatic carbocycles. The van der Waals surface area contributed by atoms with Gasteiger partial charge in [-0.1, -0.05) is 27.7 Å². The van der Waals surface area contributed by atoms with Crippen molar-refractivity contribution in [2.24, 2.45) is 11.1 Å². The molecule has 1 aliphatic rings. The van der Waals surface area contributed by atoms with Crippen molar-refractivity contribution in [3.63, 3.8) is 0 Å². The van der Waals surface area contributed by atoms with Crippen LogP contribution in [0.2, 0.25) is 0 Å². The van der Waals surface area contributed by atoms with Crippen molar-refractivity contribution in [1.82, 2.24) is 9.80 Å². The maximum atomic E-state index is 6.18. The number of hydrogen-bond acceptors (Lipinski definition) is 4. The van der Waals surface area contributed by atoms with Gasteiger partial charge in [0, 0.05) is 18.0 Å². The first kappa shape index (κ1) is 16.9. The number of hydrogen-bond donors (Lipinski definition) is 1. The molecule has 2 N–H and O–H groups in total. The van der Waals surface area contributed by atoms with E-state index >= 15 is 0 Å². The molecule has 0 spiro atoms. The molecule has 0 amide bonds. The van der Waals surface area contributed by atoms with Gasteiger partial charge in [0.2, 0.25) is 0 Å². The summed E-state index contributed by atoms with van der Waals surface area (Å²) in [5, 5.41) is 0. The molecule has 0 aliphatic carbocycles. The second kappa shape index (κ2) is 8.20. The van der Waals surface area contributed by atoms with E-state index in [4.69, 9.17) is 10.5 Å². The van der Waals surface area contributed by atoms with Gasteiger partial charge in [-0.15, -0.1) is 0 Å². The molecule has 4 nitrogen and oxygen atoms in total. The van der Waals surface area contributed by atoms with Gasteiger partial charge in [-0.05, 0) is 39.1 Å². The monoisotopic (exact) mass is 271 g/mol. The molecule has 0 radical (unpaired) electrons. The zero-order valence-corrected chi connectivity index (χ0v) is 13.3. The van der Waals surface area contributed by atoms with E-state index in [1.54, 1.807) is 0 Å². The highest BCUT2D eigenvalue weighted by Crippen LogP contribution is 2.28. The Hall–Kier alpha value is -0.160. The van der Waals surface area contributed by atoms with Crippen LogP contribution in [0.25, 0.3) is 0 Å². The van der Waals surface area contributed by atoms with E-state index in [9.17, 15) is 0 Å². The predicted octanol–water partition coefficient (Wildman–Crippen LogP) is 1.40. The molecule has 0 saturated carbocycles. The average molecular weight is 271 g/mol. The van der Waals surface area contributed by atoms with E-state index in [1.807, 2.05) is 0 Å². The zero-order valence-electron chi connectivity index (χ0n) is 13.3. The first-order valence-electron chi connectivity index (χ1n) is 7.83. The van der Waals surface area contributed by atoms with Crippen LogP contribution in [0.15, 0.2) is 0 Å². The zero-order chi connectivity index (χ0) is 14.3. The molecule has 0 aromatic heterocycles. The van der Waals surface area contributed by atoms with Crippen molar-refractivity contribution in [3.05, 3.63) is 0 Å². The summed E-state index contributed by atoms with van der Waals surface area (Å²) in [4.78, 5) is 5.01. The number of nitrogens with two attached hydrogens (primary N) is 1. The highest BCUT2D eigenvalue weighted by molar-refractivity contribution is 4.92. The normalized spacial score (nSPS) is 27.6. The van der Waals surface area contributed by atoms with Crippen LogP contribution in [-0.2, 0) is 4.74 Å². The van der Waals surface area contributed by atoms with Crippen molar-refractivity contribution in [3.8, 4) is 0 Å². The Bertz CT molecular complexity index is 246. The van der Waals surface area contributed by atoms with Crippen LogP contribution in [0, 0.1) is 5.41 Å². The summed E-state index contributed by atoms with van der Waals surface area (Å²) in [7, 11) is 0. The number of rotatable bonds is 9. The standard InChI is InChI=1S/C15H33N3O/c1-5-17(6-2)9-8-10-18(7-3)12-15(4)13-19-11-14(15)16/h14H,5-13,16H2,1-4H3. The molecule has 1 saturated heterocycles. The van der Waals surface area contributed by atoms with Crippen molar-refractivity contribution in [2.45, 2.75) is 40.2 Å². The van der Waals surface area contributed by atoms with Crippen molar-refractivity contribution < 1.29 is 4.74 Å². The van der Waals surface area contributed by atoms with Gasteiger partial charge in [0.05, 0.1) is 13.2 Å². The van der Waals surface area contributed by atoms with E-state index in [0.717, 1.165) is 39.3 Å². The summed E-state index contributed by atoms with van der Waals surface area (Å²) < 4.78 is 5.54. The van der Waals surface area contributed by atoms with Crippen LogP contribution < -0.4 is 5.73 Å². The highest BCUT2D eigenvalue weighted by atomic mass is 16.5. The topological polar surface area (TPSA) is 41.7 Å². The van der Waals surface area contributed by atoms with E-state index < -0.39 is 0 Å². The van der Waals surface area contributed by atoms with Crippen LogP contribution in [-0.4, -0.2) is 68.3 Å². The van der Waals surface area contributed by atoms with Gasteiger partial charge in [-0.2, -0.15) is 0 Å². The maximum absolute atomic E-state index is 6.18. The molecule has 19 heavy (non-hydrogen) atoms. The molecule has 2 unspecified atom stereocenters. The molecule has 1 aliphatic heterocycles. The Kier molecular flexibility index (Phi) is 7.29. The van der Waals surface area contributed by atoms with Crippen LogP contribution in [0.1, 0.15) is 34.1 Å². The third-order valence-electron chi connectivity index (χ3n) is 4.50. The molecule has 0 aromatic rings. The number of ether oxygens (including phenoxy) is 1. The Labute approximate surface area is 119 Å². The minimum absolute atomic E-state index is 0.130. The molecule has 114 valence electrons.